The van der Waals surface area contributed by atoms with Crippen LogP contribution in [0.2, 0.25) is 0 Å². The van der Waals surface area contributed by atoms with E-state index in [-0.39, 0.29) is 6.54 Å². The van der Waals surface area contributed by atoms with Crippen molar-refractivity contribution < 1.29 is 31.1 Å². The van der Waals surface area contributed by atoms with Crippen molar-refractivity contribution in [2.45, 2.75) is 11.4 Å². The third-order valence-electron chi connectivity index (χ3n) is 3.20. The fraction of sp³-hybridized carbons (Fsp3) is 0.200. The first-order chi connectivity index (χ1) is 11.3. The van der Waals surface area contributed by atoms with E-state index in [1.165, 1.54) is 20.3 Å². The van der Waals surface area contributed by atoms with Gasteiger partial charge in [-0.15, -0.1) is 0 Å². The highest BCUT2D eigenvalue weighted by Gasteiger charge is 2.23. The lowest BCUT2D eigenvalue weighted by atomic mass is 10.2. The molecule has 0 spiro atoms. The lowest BCUT2D eigenvalue weighted by molar-refractivity contribution is 0.354. The highest BCUT2D eigenvalue weighted by atomic mass is 32.2. The van der Waals surface area contributed by atoms with Crippen molar-refractivity contribution >= 4 is 10.0 Å². The summed E-state index contributed by atoms with van der Waals surface area (Å²) in [5, 5.41) is 0. The van der Waals surface area contributed by atoms with Crippen LogP contribution in [0.4, 0.5) is 13.2 Å². The molecule has 0 bridgehead atoms. The zero-order valence-electron chi connectivity index (χ0n) is 12.8. The van der Waals surface area contributed by atoms with E-state index in [4.69, 9.17) is 9.47 Å². The second-order valence-corrected chi connectivity index (χ2v) is 6.42. The largest absolute Gasteiger partial charge is 0.493 e. The van der Waals surface area contributed by atoms with E-state index in [2.05, 4.69) is 4.72 Å². The van der Waals surface area contributed by atoms with Gasteiger partial charge in [0.15, 0.2) is 29.0 Å². The highest BCUT2D eigenvalue weighted by molar-refractivity contribution is 7.89. The van der Waals surface area contributed by atoms with Crippen LogP contribution in [-0.2, 0) is 16.6 Å². The van der Waals surface area contributed by atoms with E-state index in [0.717, 1.165) is 0 Å². The summed E-state index contributed by atoms with van der Waals surface area (Å²) in [4.78, 5) is -0.970. The van der Waals surface area contributed by atoms with Gasteiger partial charge < -0.3 is 9.47 Å². The monoisotopic (exact) mass is 361 g/mol. The van der Waals surface area contributed by atoms with E-state index in [1.54, 1.807) is 12.1 Å². The second-order valence-electron chi connectivity index (χ2n) is 4.69. The van der Waals surface area contributed by atoms with Crippen LogP contribution in [0.15, 0.2) is 35.2 Å². The Morgan fingerprint density at radius 3 is 2.25 bits per heavy atom. The Balaban J connectivity index is 2.24. The van der Waals surface area contributed by atoms with Gasteiger partial charge in [0.1, 0.15) is 4.90 Å². The highest BCUT2D eigenvalue weighted by Crippen LogP contribution is 2.27. The minimum absolute atomic E-state index is 0.207. The quantitative estimate of drug-likeness (QED) is 0.804. The molecule has 0 saturated heterocycles. The van der Waals surface area contributed by atoms with Gasteiger partial charge in [-0.3, -0.25) is 0 Å². The van der Waals surface area contributed by atoms with Crippen LogP contribution < -0.4 is 14.2 Å². The molecule has 0 aliphatic rings. The number of methoxy groups -OCH3 is 2. The fourth-order valence-electron chi connectivity index (χ4n) is 1.96. The Morgan fingerprint density at radius 2 is 1.62 bits per heavy atom. The summed E-state index contributed by atoms with van der Waals surface area (Å²) in [6.45, 7) is -0.207. The summed E-state index contributed by atoms with van der Waals surface area (Å²) < 4.78 is 76.1. The summed E-state index contributed by atoms with van der Waals surface area (Å²) in [5.74, 6) is -4.24. The van der Waals surface area contributed by atoms with Crippen LogP contribution in [0.1, 0.15) is 5.56 Å². The van der Waals surface area contributed by atoms with Crippen molar-refractivity contribution in [3.8, 4) is 11.5 Å². The molecular weight excluding hydrogens is 347 g/mol. The minimum Gasteiger partial charge on any atom is -0.493 e. The van der Waals surface area contributed by atoms with Crippen LogP contribution in [0.5, 0.6) is 11.5 Å². The van der Waals surface area contributed by atoms with E-state index in [0.29, 0.717) is 29.2 Å². The van der Waals surface area contributed by atoms with Gasteiger partial charge >= 0.3 is 0 Å². The first-order valence-corrected chi connectivity index (χ1v) is 8.12. The zero-order chi connectivity index (χ0) is 17.9. The third-order valence-corrected chi connectivity index (χ3v) is 4.62. The Morgan fingerprint density at radius 1 is 0.958 bits per heavy atom. The van der Waals surface area contributed by atoms with Gasteiger partial charge in [0.25, 0.3) is 0 Å². The SMILES string of the molecule is COc1ccc(CNS(=O)(=O)c2ccc(F)c(F)c2F)cc1OC. The normalized spacial score (nSPS) is 11.4. The van der Waals surface area contributed by atoms with Gasteiger partial charge in [0.2, 0.25) is 10.0 Å². The minimum atomic E-state index is -4.37. The molecule has 2 aromatic carbocycles. The number of nitrogens with one attached hydrogen (secondary N) is 1. The predicted molar refractivity (Wildman–Crippen MR) is 79.9 cm³/mol. The maximum absolute atomic E-state index is 13.6. The molecule has 0 fully saturated rings. The number of halogens is 3. The molecule has 1 N–H and O–H groups in total. The predicted octanol–water partition coefficient (Wildman–Crippen LogP) is 2.60. The van der Waals surface area contributed by atoms with Gasteiger partial charge in [-0.1, -0.05) is 6.07 Å². The Kier molecular flexibility index (Phi) is 5.35. The maximum Gasteiger partial charge on any atom is 0.243 e. The summed E-state index contributed by atoms with van der Waals surface area (Å²) in [6.07, 6.45) is 0. The van der Waals surface area contributed by atoms with Crippen LogP contribution in [-0.4, -0.2) is 22.6 Å². The third kappa shape index (κ3) is 3.62. The average Bonchev–Trinajstić information content (AvgIpc) is 2.57. The van der Waals surface area contributed by atoms with Crippen LogP contribution in [0.3, 0.4) is 0 Å². The Hall–Kier alpha value is -2.26. The van der Waals surface area contributed by atoms with E-state index < -0.39 is 32.4 Å². The van der Waals surface area contributed by atoms with Crippen LogP contribution in [0.25, 0.3) is 0 Å². The molecule has 0 unspecified atom stereocenters. The maximum atomic E-state index is 13.6. The molecule has 0 aliphatic carbocycles. The standard InChI is InChI=1S/C15H14F3NO4S/c1-22-11-5-3-9(7-12(11)23-2)8-19-24(20,21)13-6-4-10(16)14(17)15(13)18/h3-7,19H,8H2,1-2H3. The van der Waals surface area contributed by atoms with Gasteiger partial charge in [0.05, 0.1) is 14.2 Å². The first-order valence-electron chi connectivity index (χ1n) is 6.64. The van der Waals surface area contributed by atoms with Crippen molar-refractivity contribution in [3.05, 3.63) is 53.3 Å². The zero-order valence-corrected chi connectivity index (χ0v) is 13.6. The summed E-state index contributed by atoms with van der Waals surface area (Å²) >= 11 is 0. The molecule has 2 rings (SSSR count). The van der Waals surface area contributed by atoms with Gasteiger partial charge in [-0.2, -0.15) is 0 Å². The molecule has 2 aromatic rings. The van der Waals surface area contributed by atoms with Gasteiger partial charge in [0, 0.05) is 6.54 Å². The Bertz CT molecular complexity index is 856. The first kappa shape index (κ1) is 18.1. The number of benzene rings is 2. The van der Waals surface area contributed by atoms with Crippen molar-refractivity contribution in [3.63, 3.8) is 0 Å². The number of rotatable bonds is 6. The molecule has 0 heterocycles. The van der Waals surface area contributed by atoms with E-state index >= 15 is 0 Å². The molecule has 0 amide bonds. The summed E-state index contributed by atoms with van der Waals surface area (Å²) in [5.41, 5.74) is 0.499. The number of hydrogen-bond donors (Lipinski definition) is 1. The molecule has 24 heavy (non-hydrogen) atoms. The smallest absolute Gasteiger partial charge is 0.243 e. The topological polar surface area (TPSA) is 64.6 Å². The lowest BCUT2D eigenvalue weighted by Crippen LogP contribution is -2.24. The van der Waals surface area contributed by atoms with Crippen LogP contribution >= 0.6 is 0 Å². The van der Waals surface area contributed by atoms with Crippen molar-refractivity contribution in [1.82, 2.24) is 4.72 Å². The number of hydrogen-bond acceptors (Lipinski definition) is 4. The molecule has 0 atom stereocenters. The molecule has 0 aromatic heterocycles. The van der Waals surface area contributed by atoms with Crippen molar-refractivity contribution in [1.29, 1.82) is 0 Å². The molecular formula is C15H14F3NO4S. The molecule has 9 heteroatoms. The van der Waals surface area contributed by atoms with Crippen molar-refractivity contribution in [2.24, 2.45) is 0 Å². The van der Waals surface area contributed by atoms with Gasteiger partial charge in [-0.05, 0) is 29.8 Å². The number of ether oxygens (including phenoxy) is 2. The number of sulfonamides is 1. The molecule has 0 saturated carbocycles. The van der Waals surface area contributed by atoms with E-state index in [1.807, 2.05) is 0 Å². The average molecular weight is 361 g/mol. The summed E-state index contributed by atoms with van der Waals surface area (Å²) in [6, 6.07) is 5.88. The summed E-state index contributed by atoms with van der Waals surface area (Å²) in [7, 11) is -1.50. The van der Waals surface area contributed by atoms with Crippen LogP contribution in [0, 0.1) is 17.5 Å². The molecule has 5 nitrogen and oxygen atoms in total. The molecule has 0 radical (unpaired) electrons. The second kappa shape index (κ2) is 7.10. The molecule has 130 valence electrons. The lowest BCUT2D eigenvalue weighted by Gasteiger charge is -2.11. The van der Waals surface area contributed by atoms with E-state index in [9.17, 15) is 21.6 Å². The van der Waals surface area contributed by atoms with Gasteiger partial charge in [-0.25, -0.2) is 26.3 Å². The molecule has 0 aliphatic heterocycles. The van der Waals surface area contributed by atoms with Crippen molar-refractivity contribution in [2.75, 3.05) is 14.2 Å². The Labute approximate surface area is 137 Å². The fourth-order valence-corrected chi connectivity index (χ4v) is 3.05.